The molecule has 0 aliphatic carbocycles. The predicted octanol–water partition coefficient (Wildman–Crippen LogP) is 3.67. The monoisotopic (exact) mass is 351 g/mol. The molecule has 0 atom stereocenters. The first-order valence-corrected chi connectivity index (χ1v) is 10.2. The normalized spacial score (nSPS) is 38.4. The van der Waals surface area contributed by atoms with E-state index < -0.39 is 0 Å². The Morgan fingerprint density at radius 1 is 0.962 bits per heavy atom. The fourth-order valence-corrected chi connectivity index (χ4v) is 6.10. The molecule has 4 aliphatic rings. The molecule has 0 spiro atoms. The Morgan fingerprint density at radius 2 is 1.54 bits per heavy atom. The molecule has 2 aromatic rings. The molecule has 0 unspecified atom stereocenters. The minimum absolute atomic E-state index is 0.147. The molecule has 138 valence electrons. The first kappa shape index (κ1) is 16.5. The Morgan fingerprint density at radius 3 is 2.08 bits per heavy atom. The number of nitrogens with zero attached hydrogens (tertiary/aromatic N) is 3. The highest BCUT2D eigenvalue weighted by atomic mass is 16.1. The van der Waals surface area contributed by atoms with Crippen molar-refractivity contribution >= 4 is 16.7 Å². The maximum absolute atomic E-state index is 13.3. The molecule has 6 rings (SSSR count). The number of para-hydroxylation sites is 1. The van der Waals surface area contributed by atoms with Crippen LogP contribution in [0, 0.1) is 10.8 Å². The molecule has 4 saturated heterocycles. The first-order chi connectivity index (χ1) is 12.6. The zero-order valence-corrected chi connectivity index (χ0v) is 16.2. The SMILES string of the molecule is CCn1cc(C2N3CC4(CC)CN2CC(CC)(C3)C4=O)c2ccccc21. The molecule has 4 aliphatic heterocycles. The number of benzene rings is 1. The lowest BCUT2D eigenvalue weighted by atomic mass is 9.58. The van der Waals surface area contributed by atoms with Crippen LogP contribution in [0.3, 0.4) is 0 Å². The second-order valence-electron chi connectivity index (χ2n) is 8.67. The number of carbonyl (C=O) groups excluding carboxylic acids is 1. The van der Waals surface area contributed by atoms with Crippen LogP contribution in [0.4, 0.5) is 0 Å². The largest absolute Gasteiger partial charge is 0.347 e. The van der Waals surface area contributed by atoms with Crippen LogP contribution in [0.1, 0.15) is 45.3 Å². The Hall–Kier alpha value is -1.65. The molecule has 26 heavy (non-hydrogen) atoms. The first-order valence-electron chi connectivity index (χ1n) is 10.2. The predicted molar refractivity (Wildman–Crippen MR) is 104 cm³/mol. The van der Waals surface area contributed by atoms with Crippen LogP contribution in [0.15, 0.2) is 30.5 Å². The summed E-state index contributed by atoms with van der Waals surface area (Å²) in [5.41, 5.74) is 2.46. The second kappa shape index (κ2) is 5.43. The lowest BCUT2D eigenvalue weighted by Gasteiger charge is -2.66. The maximum atomic E-state index is 13.3. The Balaban J connectivity index is 1.63. The summed E-state index contributed by atoms with van der Waals surface area (Å²) in [7, 11) is 0. The van der Waals surface area contributed by atoms with Crippen molar-refractivity contribution in [3.63, 3.8) is 0 Å². The van der Waals surface area contributed by atoms with E-state index in [1.165, 1.54) is 16.5 Å². The van der Waals surface area contributed by atoms with Crippen LogP contribution < -0.4 is 0 Å². The minimum atomic E-state index is -0.147. The average molecular weight is 351 g/mol. The number of fused-ring (bicyclic) bond motifs is 1. The molecular formula is C22H29N3O. The van der Waals surface area contributed by atoms with E-state index in [0.717, 1.165) is 45.6 Å². The summed E-state index contributed by atoms with van der Waals surface area (Å²) in [6.45, 7) is 11.3. The van der Waals surface area contributed by atoms with E-state index in [4.69, 9.17) is 0 Å². The van der Waals surface area contributed by atoms with Crippen LogP contribution in [0.5, 0.6) is 0 Å². The van der Waals surface area contributed by atoms with Crippen molar-refractivity contribution < 1.29 is 4.79 Å². The van der Waals surface area contributed by atoms with Crippen LogP contribution >= 0.6 is 0 Å². The number of rotatable bonds is 4. The summed E-state index contributed by atoms with van der Waals surface area (Å²) in [6.07, 6.45) is 4.60. The quantitative estimate of drug-likeness (QED) is 0.841. The Kier molecular flexibility index (Phi) is 3.45. The lowest BCUT2D eigenvalue weighted by molar-refractivity contribution is -0.204. The van der Waals surface area contributed by atoms with Gasteiger partial charge in [0.25, 0.3) is 0 Å². The number of piperidine rings is 2. The lowest BCUT2D eigenvalue weighted by Crippen LogP contribution is -2.76. The summed E-state index contributed by atoms with van der Waals surface area (Å²) in [5.74, 6) is 0.553. The fraction of sp³-hybridized carbons (Fsp3) is 0.591. The molecule has 4 fully saturated rings. The van der Waals surface area contributed by atoms with E-state index in [-0.39, 0.29) is 10.8 Å². The van der Waals surface area contributed by atoms with E-state index in [2.05, 4.69) is 65.6 Å². The number of ketones is 1. The van der Waals surface area contributed by atoms with Crippen molar-refractivity contribution in [2.75, 3.05) is 26.2 Å². The fourth-order valence-electron chi connectivity index (χ4n) is 6.10. The van der Waals surface area contributed by atoms with E-state index in [1.807, 2.05) is 0 Å². The zero-order valence-electron chi connectivity index (χ0n) is 16.2. The zero-order chi connectivity index (χ0) is 18.1. The van der Waals surface area contributed by atoms with E-state index in [9.17, 15) is 4.79 Å². The van der Waals surface area contributed by atoms with Crippen molar-refractivity contribution in [3.05, 3.63) is 36.0 Å². The van der Waals surface area contributed by atoms with Gasteiger partial charge in [-0.3, -0.25) is 14.6 Å². The number of aromatic nitrogens is 1. The summed E-state index contributed by atoms with van der Waals surface area (Å²) < 4.78 is 2.37. The molecular weight excluding hydrogens is 322 g/mol. The highest BCUT2D eigenvalue weighted by molar-refractivity contribution is 5.93. The van der Waals surface area contributed by atoms with Gasteiger partial charge in [0, 0.05) is 55.4 Å². The van der Waals surface area contributed by atoms with Crippen LogP contribution in [0.2, 0.25) is 0 Å². The van der Waals surface area contributed by atoms with Crippen molar-refractivity contribution in [2.45, 2.75) is 46.3 Å². The van der Waals surface area contributed by atoms with Gasteiger partial charge in [0.1, 0.15) is 5.78 Å². The Labute approximate surface area is 155 Å². The third-order valence-corrected chi connectivity index (χ3v) is 7.47. The van der Waals surface area contributed by atoms with Crippen molar-refractivity contribution in [1.82, 2.24) is 14.4 Å². The number of Topliss-reactive ketones (excluding diaryl/α,β-unsaturated/α-hetero) is 1. The van der Waals surface area contributed by atoms with Gasteiger partial charge in [-0.1, -0.05) is 32.0 Å². The van der Waals surface area contributed by atoms with E-state index in [0.29, 0.717) is 11.9 Å². The van der Waals surface area contributed by atoms with Gasteiger partial charge in [-0.25, -0.2) is 0 Å². The molecule has 4 nitrogen and oxygen atoms in total. The van der Waals surface area contributed by atoms with E-state index >= 15 is 0 Å². The topological polar surface area (TPSA) is 28.5 Å². The van der Waals surface area contributed by atoms with Crippen LogP contribution in [0.25, 0.3) is 10.9 Å². The van der Waals surface area contributed by atoms with Crippen molar-refractivity contribution in [1.29, 1.82) is 0 Å². The van der Waals surface area contributed by atoms with Gasteiger partial charge in [-0.2, -0.15) is 0 Å². The molecule has 1 aromatic carbocycles. The van der Waals surface area contributed by atoms with Gasteiger partial charge in [0.05, 0.1) is 17.0 Å². The molecule has 0 radical (unpaired) electrons. The number of hydrogen-bond acceptors (Lipinski definition) is 3. The molecule has 1 aromatic heterocycles. The van der Waals surface area contributed by atoms with Gasteiger partial charge < -0.3 is 4.57 Å². The van der Waals surface area contributed by atoms with Gasteiger partial charge in [0.2, 0.25) is 0 Å². The summed E-state index contributed by atoms with van der Waals surface area (Å²) in [4.78, 5) is 18.6. The third-order valence-electron chi connectivity index (χ3n) is 7.47. The minimum Gasteiger partial charge on any atom is -0.347 e. The molecule has 0 saturated carbocycles. The van der Waals surface area contributed by atoms with Gasteiger partial charge in [-0.05, 0) is 25.8 Å². The summed E-state index contributed by atoms with van der Waals surface area (Å²) in [5, 5.41) is 1.37. The highest BCUT2D eigenvalue weighted by Gasteiger charge is 2.64. The molecule has 4 bridgehead atoms. The average Bonchev–Trinajstić information content (AvgIpc) is 3.03. The third kappa shape index (κ3) is 1.89. The van der Waals surface area contributed by atoms with Gasteiger partial charge in [0.15, 0.2) is 0 Å². The molecule has 0 N–H and O–H groups in total. The molecule has 0 amide bonds. The molecule has 4 heteroatoms. The molecule has 5 heterocycles. The number of carbonyl (C=O) groups is 1. The summed E-state index contributed by atoms with van der Waals surface area (Å²) >= 11 is 0. The Bertz CT molecular complexity index is 841. The number of aryl methyl sites for hydroxylation is 1. The van der Waals surface area contributed by atoms with Crippen LogP contribution in [-0.2, 0) is 11.3 Å². The maximum Gasteiger partial charge on any atom is 0.150 e. The van der Waals surface area contributed by atoms with E-state index in [1.54, 1.807) is 0 Å². The second-order valence-corrected chi connectivity index (χ2v) is 8.67. The van der Waals surface area contributed by atoms with Crippen LogP contribution in [-0.4, -0.2) is 46.3 Å². The van der Waals surface area contributed by atoms with Crippen molar-refractivity contribution in [2.24, 2.45) is 10.8 Å². The van der Waals surface area contributed by atoms with Gasteiger partial charge in [-0.15, -0.1) is 0 Å². The summed E-state index contributed by atoms with van der Waals surface area (Å²) in [6, 6.07) is 8.78. The van der Waals surface area contributed by atoms with Crippen molar-refractivity contribution in [3.8, 4) is 0 Å². The standard InChI is InChI=1S/C22H29N3O/c1-4-21-12-24-14-22(5-2,20(21)26)15-25(13-21)19(24)17-11-23(6-3)18-10-8-7-9-16(17)18/h7-11,19H,4-6,12-15H2,1-3H3. The highest BCUT2D eigenvalue weighted by Crippen LogP contribution is 2.55. The number of hydrogen-bond donors (Lipinski definition) is 0. The smallest absolute Gasteiger partial charge is 0.150 e. The van der Waals surface area contributed by atoms with Gasteiger partial charge >= 0.3 is 0 Å².